The monoisotopic (exact) mass is 427 g/mol. The third-order valence-corrected chi connectivity index (χ3v) is 6.18. The highest BCUT2D eigenvalue weighted by atomic mass is 16.2. The number of carbonyl (C=O) groups is 2. The summed E-state index contributed by atoms with van der Waals surface area (Å²) in [6.07, 6.45) is 5.18. The van der Waals surface area contributed by atoms with Gasteiger partial charge in [-0.3, -0.25) is 9.59 Å². The smallest absolute Gasteiger partial charge is 0.254 e. The minimum absolute atomic E-state index is 0.101. The van der Waals surface area contributed by atoms with Crippen LogP contribution in [0, 0.1) is 11.3 Å². The number of amides is 2. The van der Waals surface area contributed by atoms with E-state index in [9.17, 15) is 9.59 Å². The number of carbonyl (C=O) groups excluding carboxylic acids is 2. The maximum Gasteiger partial charge on any atom is 0.254 e. The fourth-order valence-electron chi connectivity index (χ4n) is 4.53. The summed E-state index contributed by atoms with van der Waals surface area (Å²) in [6.45, 7) is 10.2. The molecule has 1 aliphatic heterocycles. The molecular weight excluding hydrogens is 390 g/mol. The van der Waals surface area contributed by atoms with Crippen LogP contribution in [-0.2, 0) is 11.3 Å². The van der Waals surface area contributed by atoms with Gasteiger partial charge in [-0.05, 0) is 55.2 Å². The number of rotatable bonds is 8. The highest BCUT2D eigenvalue weighted by Crippen LogP contribution is 2.45. The summed E-state index contributed by atoms with van der Waals surface area (Å²) < 4.78 is 0. The number of nitrogens with zero attached hydrogens (tertiary/aromatic N) is 2. The van der Waals surface area contributed by atoms with Gasteiger partial charge in [0.05, 0.1) is 13.1 Å². The molecule has 31 heavy (non-hydrogen) atoms. The van der Waals surface area contributed by atoms with Gasteiger partial charge >= 0.3 is 0 Å². The predicted octanol–water partition coefficient (Wildman–Crippen LogP) is 2.53. The van der Waals surface area contributed by atoms with Gasteiger partial charge in [-0.25, -0.2) is 4.99 Å². The molecule has 1 saturated carbocycles. The van der Waals surface area contributed by atoms with Crippen molar-refractivity contribution in [3.8, 4) is 0 Å². The molecule has 1 aliphatic carbocycles. The van der Waals surface area contributed by atoms with Crippen molar-refractivity contribution in [2.45, 2.75) is 53.0 Å². The summed E-state index contributed by atoms with van der Waals surface area (Å²) in [5, 5.41) is 9.64. The zero-order valence-corrected chi connectivity index (χ0v) is 19.2. The predicted molar refractivity (Wildman–Crippen MR) is 124 cm³/mol. The molecule has 2 fully saturated rings. The number of piperazine rings is 1. The first kappa shape index (κ1) is 23.1. The molecule has 1 saturated heterocycles. The number of aliphatic imine (C=N–C) groups is 1. The second-order valence-corrected chi connectivity index (χ2v) is 9.27. The lowest BCUT2D eigenvalue weighted by Crippen LogP contribution is -2.49. The molecule has 0 spiro atoms. The van der Waals surface area contributed by atoms with Crippen LogP contribution in [-0.4, -0.2) is 55.4 Å². The van der Waals surface area contributed by atoms with Crippen molar-refractivity contribution < 1.29 is 9.59 Å². The number of hydrogen-bond donors (Lipinski definition) is 3. The molecule has 3 N–H and O–H groups in total. The summed E-state index contributed by atoms with van der Waals surface area (Å²) in [7, 11) is 0. The van der Waals surface area contributed by atoms with Crippen molar-refractivity contribution in [2.75, 3.05) is 32.7 Å². The lowest BCUT2D eigenvalue weighted by Gasteiger charge is -2.43. The molecule has 7 nitrogen and oxygen atoms in total. The van der Waals surface area contributed by atoms with Crippen molar-refractivity contribution in [3.63, 3.8) is 0 Å². The van der Waals surface area contributed by atoms with Gasteiger partial charge in [-0.2, -0.15) is 0 Å². The first-order valence-electron chi connectivity index (χ1n) is 11.6. The Morgan fingerprint density at radius 1 is 1.23 bits per heavy atom. The Balaban J connectivity index is 1.56. The van der Waals surface area contributed by atoms with E-state index in [1.165, 1.54) is 25.7 Å². The molecule has 3 rings (SSSR count). The Morgan fingerprint density at radius 2 is 1.97 bits per heavy atom. The van der Waals surface area contributed by atoms with E-state index in [1.54, 1.807) is 4.90 Å². The zero-order valence-electron chi connectivity index (χ0n) is 19.2. The van der Waals surface area contributed by atoms with Gasteiger partial charge < -0.3 is 20.9 Å². The van der Waals surface area contributed by atoms with Gasteiger partial charge in [0.15, 0.2) is 5.96 Å². The van der Waals surface area contributed by atoms with Crippen LogP contribution in [0.25, 0.3) is 0 Å². The molecule has 2 amide bonds. The lowest BCUT2D eigenvalue weighted by molar-refractivity contribution is -0.123. The summed E-state index contributed by atoms with van der Waals surface area (Å²) in [6, 6.07) is 7.53. The summed E-state index contributed by atoms with van der Waals surface area (Å²) in [5.41, 5.74) is 2.07. The molecule has 0 aromatic heterocycles. The Hall–Kier alpha value is -2.57. The summed E-state index contributed by atoms with van der Waals surface area (Å²) in [5.74, 6) is 1.35. The molecule has 0 atom stereocenters. The SMILES string of the molecule is CCNC(=NCc1ccc(C(=O)N2CCNC(=O)C2)cc1)NCC1(CC(C)C)CCC1. The van der Waals surface area contributed by atoms with Crippen LogP contribution in [0.3, 0.4) is 0 Å². The van der Waals surface area contributed by atoms with E-state index in [1.807, 2.05) is 24.3 Å². The van der Waals surface area contributed by atoms with Crippen molar-refractivity contribution in [1.29, 1.82) is 0 Å². The Bertz CT molecular complexity index is 784. The number of benzene rings is 1. The molecule has 1 aromatic rings. The van der Waals surface area contributed by atoms with Crippen LogP contribution >= 0.6 is 0 Å². The van der Waals surface area contributed by atoms with E-state index in [2.05, 4.69) is 36.7 Å². The van der Waals surface area contributed by atoms with Crippen LogP contribution in [0.2, 0.25) is 0 Å². The van der Waals surface area contributed by atoms with Crippen LogP contribution in [0.1, 0.15) is 62.4 Å². The third kappa shape index (κ3) is 6.45. The van der Waals surface area contributed by atoms with E-state index in [0.717, 1.165) is 24.6 Å². The minimum Gasteiger partial charge on any atom is -0.357 e. The van der Waals surface area contributed by atoms with Gasteiger partial charge in [0, 0.05) is 31.7 Å². The van der Waals surface area contributed by atoms with E-state index >= 15 is 0 Å². The quantitative estimate of drug-likeness (QED) is 0.440. The Morgan fingerprint density at radius 3 is 2.55 bits per heavy atom. The maximum absolute atomic E-state index is 12.6. The van der Waals surface area contributed by atoms with E-state index in [4.69, 9.17) is 4.99 Å². The molecule has 0 bridgehead atoms. The van der Waals surface area contributed by atoms with Crippen molar-refractivity contribution in [3.05, 3.63) is 35.4 Å². The molecule has 7 heteroatoms. The standard InChI is InChI=1S/C24H37N5O2/c1-4-25-23(28-17-24(10-5-11-24)14-18(2)3)27-15-19-6-8-20(9-7-19)22(31)29-13-12-26-21(30)16-29/h6-9,18H,4-5,10-17H2,1-3H3,(H,26,30)(H2,25,27,28). The topological polar surface area (TPSA) is 85.8 Å². The number of guanidine groups is 1. The van der Waals surface area contributed by atoms with Gasteiger partial charge in [0.25, 0.3) is 5.91 Å². The normalized spacial score (nSPS) is 18.4. The van der Waals surface area contributed by atoms with Crippen LogP contribution < -0.4 is 16.0 Å². The average Bonchev–Trinajstić information content (AvgIpc) is 2.73. The molecule has 170 valence electrons. The second kappa shape index (κ2) is 10.6. The number of nitrogens with one attached hydrogen (secondary N) is 3. The van der Waals surface area contributed by atoms with Gasteiger partial charge in [0.1, 0.15) is 0 Å². The number of hydrogen-bond acceptors (Lipinski definition) is 3. The van der Waals surface area contributed by atoms with E-state index in [0.29, 0.717) is 36.5 Å². The highest BCUT2D eigenvalue weighted by molar-refractivity contribution is 5.97. The molecular formula is C24H37N5O2. The molecule has 0 radical (unpaired) electrons. The fourth-order valence-corrected chi connectivity index (χ4v) is 4.53. The lowest BCUT2D eigenvalue weighted by atomic mass is 9.64. The maximum atomic E-state index is 12.6. The molecule has 1 heterocycles. The Labute approximate surface area is 186 Å². The van der Waals surface area contributed by atoms with E-state index in [-0.39, 0.29) is 18.4 Å². The van der Waals surface area contributed by atoms with Gasteiger partial charge in [-0.15, -0.1) is 0 Å². The summed E-state index contributed by atoms with van der Waals surface area (Å²) in [4.78, 5) is 30.5. The van der Waals surface area contributed by atoms with E-state index < -0.39 is 0 Å². The van der Waals surface area contributed by atoms with Crippen LogP contribution in [0.4, 0.5) is 0 Å². The van der Waals surface area contributed by atoms with Crippen LogP contribution in [0.5, 0.6) is 0 Å². The van der Waals surface area contributed by atoms with Crippen molar-refractivity contribution in [1.82, 2.24) is 20.9 Å². The zero-order chi connectivity index (χ0) is 22.3. The van der Waals surface area contributed by atoms with Crippen molar-refractivity contribution >= 4 is 17.8 Å². The second-order valence-electron chi connectivity index (χ2n) is 9.27. The first-order valence-corrected chi connectivity index (χ1v) is 11.6. The van der Waals surface area contributed by atoms with Gasteiger partial charge in [0.2, 0.25) is 5.91 Å². The average molecular weight is 428 g/mol. The summed E-state index contributed by atoms with van der Waals surface area (Å²) >= 11 is 0. The Kier molecular flexibility index (Phi) is 7.93. The first-order chi connectivity index (χ1) is 14.9. The molecule has 0 unspecified atom stereocenters. The highest BCUT2D eigenvalue weighted by Gasteiger charge is 2.37. The van der Waals surface area contributed by atoms with Crippen LogP contribution in [0.15, 0.2) is 29.3 Å². The van der Waals surface area contributed by atoms with Gasteiger partial charge in [-0.1, -0.05) is 32.4 Å². The van der Waals surface area contributed by atoms with Crippen molar-refractivity contribution in [2.24, 2.45) is 16.3 Å². The molecule has 1 aromatic carbocycles. The fraction of sp³-hybridized carbons (Fsp3) is 0.625. The largest absolute Gasteiger partial charge is 0.357 e. The minimum atomic E-state index is -0.105. The third-order valence-electron chi connectivity index (χ3n) is 6.18. The molecule has 2 aliphatic rings.